The van der Waals surface area contributed by atoms with E-state index in [1.54, 1.807) is 11.3 Å². The highest BCUT2D eigenvalue weighted by atomic mass is 32.1. The normalized spacial score (nSPS) is 10.6. The molecule has 1 aromatic carbocycles. The van der Waals surface area contributed by atoms with Gasteiger partial charge in [0.25, 0.3) is 0 Å². The van der Waals surface area contributed by atoms with Gasteiger partial charge in [0.1, 0.15) is 10.8 Å². The zero-order valence-electron chi connectivity index (χ0n) is 11.3. The summed E-state index contributed by atoms with van der Waals surface area (Å²) in [5.41, 5.74) is 1.35. The first-order valence-electron chi connectivity index (χ1n) is 6.71. The number of aryl methyl sites for hydroxylation is 2. The van der Waals surface area contributed by atoms with Gasteiger partial charge in [-0.25, -0.2) is 4.98 Å². The fraction of sp³-hybridized carbons (Fsp3) is 0.375. The van der Waals surface area contributed by atoms with Crippen LogP contribution in [-0.2, 0) is 17.6 Å². The van der Waals surface area contributed by atoms with Crippen LogP contribution in [0.1, 0.15) is 34.7 Å². The Morgan fingerprint density at radius 1 is 1.21 bits per heavy atom. The van der Waals surface area contributed by atoms with Gasteiger partial charge < -0.3 is 0 Å². The smallest absolute Gasteiger partial charge is 0.139 e. The third-order valence-electron chi connectivity index (χ3n) is 3.03. The second kappa shape index (κ2) is 7.19. The molecule has 0 unspecified atom stereocenters. The summed E-state index contributed by atoms with van der Waals surface area (Å²) in [5, 5.41) is 0.950. The average Bonchev–Trinajstić information content (AvgIpc) is 2.81. The molecule has 0 amide bonds. The van der Waals surface area contributed by atoms with Crippen LogP contribution in [0.25, 0.3) is 0 Å². The molecule has 0 radical (unpaired) electrons. The Bertz CT molecular complexity index is 519. The summed E-state index contributed by atoms with van der Waals surface area (Å²) in [4.78, 5) is 17.2. The molecule has 0 aliphatic heterocycles. The van der Waals surface area contributed by atoms with Gasteiger partial charge in [0, 0.05) is 17.5 Å². The summed E-state index contributed by atoms with van der Waals surface area (Å²) in [6.07, 6.45) is 6.12. The summed E-state index contributed by atoms with van der Waals surface area (Å²) in [6, 6.07) is 10.4. The molecule has 100 valence electrons. The predicted molar refractivity (Wildman–Crippen MR) is 79.6 cm³/mol. The van der Waals surface area contributed by atoms with E-state index in [-0.39, 0.29) is 0 Å². The maximum atomic E-state index is 11.8. The summed E-state index contributed by atoms with van der Waals surface area (Å²) in [5.74, 6) is 0.308. The molecule has 0 spiro atoms. The van der Waals surface area contributed by atoms with E-state index in [0.29, 0.717) is 18.6 Å². The van der Waals surface area contributed by atoms with E-state index < -0.39 is 0 Å². The second-order valence-electron chi connectivity index (χ2n) is 4.77. The third kappa shape index (κ3) is 4.95. The number of carbonyl (C=O) groups excluding carboxylic acids is 1. The summed E-state index contributed by atoms with van der Waals surface area (Å²) < 4.78 is 0. The zero-order valence-corrected chi connectivity index (χ0v) is 12.1. The van der Waals surface area contributed by atoms with Crippen molar-refractivity contribution < 1.29 is 4.79 Å². The number of hydrogen-bond donors (Lipinski definition) is 0. The monoisotopic (exact) mass is 273 g/mol. The Labute approximate surface area is 118 Å². The van der Waals surface area contributed by atoms with Crippen LogP contribution >= 0.6 is 11.3 Å². The Morgan fingerprint density at radius 3 is 2.68 bits per heavy atom. The van der Waals surface area contributed by atoms with Crippen LogP contribution in [0, 0.1) is 6.92 Å². The van der Waals surface area contributed by atoms with Gasteiger partial charge in [-0.3, -0.25) is 4.79 Å². The van der Waals surface area contributed by atoms with Gasteiger partial charge in [0.2, 0.25) is 0 Å². The van der Waals surface area contributed by atoms with Crippen LogP contribution in [0.4, 0.5) is 0 Å². The van der Waals surface area contributed by atoms with Gasteiger partial charge in [0.05, 0.1) is 6.42 Å². The lowest BCUT2D eigenvalue weighted by Crippen LogP contribution is -2.02. The first-order valence-corrected chi connectivity index (χ1v) is 7.52. The molecule has 0 saturated carbocycles. The molecule has 0 fully saturated rings. The third-order valence-corrected chi connectivity index (χ3v) is 3.94. The van der Waals surface area contributed by atoms with E-state index >= 15 is 0 Å². The fourth-order valence-corrected chi connectivity index (χ4v) is 2.85. The molecule has 1 aromatic heterocycles. The SMILES string of the molecule is Cc1cnc(CC(=O)CCCCc2ccccc2)s1. The molecular formula is C16H19NOS. The molecule has 2 rings (SSSR count). The largest absolute Gasteiger partial charge is 0.299 e. The van der Waals surface area contributed by atoms with Crippen molar-refractivity contribution >= 4 is 17.1 Å². The lowest BCUT2D eigenvalue weighted by Gasteiger charge is -2.01. The van der Waals surface area contributed by atoms with Crippen LogP contribution in [0.5, 0.6) is 0 Å². The van der Waals surface area contributed by atoms with Crippen molar-refractivity contribution in [3.63, 3.8) is 0 Å². The quantitative estimate of drug-likeness (QED) is 0.714. The van der Waals surface area contributed by atoms with Crippen molar-refractivity contribution in [1.82, 2.24) is 4.98 Å². The van der Waals surface area contributed by atoms with Gasteiger partial charge in [0.15, 0.2) is 0 Å². The van der Waals surface area contributed by atoms with E-state index in [1.165, 1.54) is 10.4 Å². The Balaban J connectivity index is 1.64. The maximum Gasteiger partial charge on any atom is 0.139 e. The van der Waals surface area contributed by atoms with Crippen LogP contribution in [0.15, 0.2) is 36.5 Å². The van der Waals surface area contributed by atoms with Gasteiger partial charge in [-0.2, -0.15) is 0 Å². The highest BCUT2D eigenvalue weighted by molar-refractivity contribution is 7.11. The van der Waals surface area contributed by atoms with Gasteiger partial charge in [-0.1, -0.05) is 30.3 Å². The first-order chi connectivity index (χ1) is 9.24. The van der Waals surface area contributed by atoms with Crippen molar-refractivity contribution in [2.45, 2.75) is 39.0 Å². The van der Waals surface area contributed by atoms with Gasteiger partial charge in [-0.05, 0) is 31.7 Å². The van der Waals surface area contributed by atoms with E-state index in [1.807, 2.05) is 19.2 Å². The number of unbranched alkanes of at least 4 members (excludes halogenated alkanes) is 1. The Hall–Kier alpha value is -1.48. The van der Waals surface area contributed by atoms with Gasteiger partial charge >= 0.3 is 0 Å². The number of ketones is 1. The highest BCUT2D eigenvalue weighted by Gasteiger charge is 2.06. The number of thiazole rings is 1. The predicted octanol–water partition coefficient (Wildman–Crippen LogP) is 3.98. The first kappa shape index (κ1) is 13.9. The maximum absolute atomic E-state index is 11.8. The number of rotatable bonds is 7. The average molecular weight is 273 g/mol. The lowest BCUT2D eigenvalue weighted by atomic mass is 10.1. The number of aromatic nitrogens is 1. The summed E-state index contributed by atoms with van der Waals surface area (Å²) in [6.45, 7) is 2.02. The molecule has 1 heterocycles. The standard InChI is InChI=1S/C16H19NOS/c1-13-12-17-16(19-13)11-15(18)10-6-5-9-14-7-3-2-4-8-14/h2-4,7-8,12H,5-6,9-11H2,1H3. The number of hydrogen-bond acceptors (Lipinski definition) is 3. The molecule has 2 aromatic rings. The van der Waals surface area contributed by atoms with E-state index in [9.17, 15) is 4.79 Å². The van der Waals surface area contributed by atoms with Crippen LogP contribution in [-0.4, -0.2) is 10.8 Å². The minimum Gasteiger partial charge on any atom is -0.299 e. The van der Waals surface area contributed by atoms with Crippen LogP contribution < -0.4 is 0 Å². The molecule has 0 aliphatic rings. The molecule has 0 saturated heterocycles. The molecule has 0 atom stereocenters. The van der Waals surface area contributed by atoms with Crippen molar-refractivity contribution in [1.29, 1.82) is 0 Å². The minimum atomic E-state index is 0.308. The number of benzene rings is 1. The number of Topliss-reactive ketones (excluding diaryl/α,β-unsaturated/α-hetero) is 1. The van der Waals surface area contributed by atoms with E-state index in [0.717, 1.165) is 24.3 Å². The van der Waals surface area contributed by atoms with Crippen molar-refractivity contribution in [3.05, 3.63) is 52.0 Å². The molecule has 3 heteroatoms. The van der Waals surface area contributed by atoms with Gasteiger partial charge in [-0.15, -0.1) is 11.3 Å². The van der Waals surface area contributed by atoms with E-state index in [2.05, 4.69) is 29.2 Å². The lowest BCUT2D eigenvalue weighted by molar-refractivity contribution is -0.118. The molecule has 0 bridgehead atoms. The second-order valence-corrected chi connectivity index (χ2v) is 6.09. The summed E-state index contributed by atoms with van der Waals surface area (Å²) in [7, 11) is 0. The zero-order chi connectivity index (χ0) is 13.5. The topological polar surface area (TPSA) is 30.0 Å². The van der Waals surface area contributed by atoms with Crippen molar-refractivity contribution in [2.75, 3.05) is 0 Å². The fourth-order valence-electron chi connectivity index (χ4n) is 2.04. The number of nitrogens with zero attached hydrogens (tertiary/aromatic N) is 1. The van der Waals surface area contributed by atoms with Crippen LogP contribution in [0.3, 0.4) is 0 Å². The number of carbonyl (C=O) groups is 1. The van der Waals surface area contributed by atoms with E-state index in [4.69, 9.17) is 0 Å². The molecular weight excluding hydrogens is 254 g/mol. The molecule has 2 nitrogen and oxygen atoms in total. The Kier molecular flexibility index (Phi) is 5.28. The Morgan fingerprint density at radius 2 is 2.00 bits per heavy atom. The van der Waals surface area contributed by atoms with Crippen LogP contribution in [0.2, 0.25) is 0 Å². The van der Waals surface area contributed by atoms with Crippen molar-refractivity contribution in [2.24, 2.45) is 0 Å². The van der Waals surface area contributed by atoms with Crippen molar-refractivity contribution in [3.8, 4) is 0 Å². The molecule has 0 N–H and O–H groups in total. The molecule has 0 aliphatic carbocycles. The summed E-state index contributed by atoms with van der Waals surface area (Å²) >= 11 is 1.62. The molecule has 19 heavy (non-hydrogen) atoms. The highest BCUT2D eigenvalue weighted by Crippen LogP contribution is 2.13. The minimum absolute atomic E-state index is 0.308.